The molecule has 28 heavy (non-hydrogen) atoms. The number of hydrogen-bond donors (Lipinski definition) is 1. The summed E-state index contributed by atoms with van der Waals surface area (Å²) in [4.78, 5) is 21.9. The monoisotopic (exact) mass is 378 g/mol. The van der Waals surface area contributed by atoms with Gasteiger partial charge in [-0.2, -0.15) is 0 Å². The van der Waals surface area contributed by atoms with Crippen LogP contribution in [0.1, 0.15) is 53.6 Å². The maximum atomic E-state index is 12.7. The molecule has 0 aliphatic carbocycles. The van der Waals surface area contributed by atoms with Crippen LogP contribution in [0.2, 0.25) is 0 Å². The van der Waals surface area contributed by atoms with Gasteiger partial charge in [0.1, 0.15) is 5.82 Å². The van der Waals surface area contributed by atoms with Crippen LogP contribution in [-0.2, 0) is 13.1 Å². The normalized spacial score (nSPS) is 17.6. The summed E-state index contributed by atoms with van der Waals surface area (Å²) in [5, 5.41) is 3.06. The number of amides is 1. The molecule has 1 aromatic heterocycles. The Bertz CT molecular complexity index is 777. The molecule has 3 heterocycles. The van der Waals surface area contributed by atoms with Crippen molar-refractivity contribution in [1.82, 2.24) is 15.2 Å². The fraction of sp³-hybridized carbons (Fsp3) is 0.478. The molecule has 0 bridgehead atoms. The molecule has 2 aliphatic rings. The number of rotatable bonds is 6. The number of hydrogen-bond acceptors (Lipinski definition) is 4. The van der Waals surface area contributed by atoms with Crippen molar-refractivity contribution in [3.8, 4) is 0 Å². The van der Waals surface area contributed by atoms with E-state index in [1.807, 2.05) is 12.1 Å². The number of carbonyl (C=O) groups excluding carboxylic acids is 1. The number of nitrogens with one attached hydrogen (secondary N) is 1. The van der Waals surface area contributed by atoms with Gasteiger partial charge in [-0.05, 0) is 62.0 Å². The van der Waals surface area contributed by atoms with E-state index in [2.05, 4.69) is 44.4 Å². The first-order valence-electron chi connectivity index (χ1n) is 10.6. The molecule has 0 saturated carbocycles. The highest BCUT2D eigenvalue weighted by Crippen LogP contribution is 2.22. The van der Waals surface area contributed by atoms with Crippen molar-refractivity contribution in [2.75, 3.05) is 31.1 Å². The van der Waals surface area contributed by atoms with Crippen LogP contribution in [0.3, 0.4) is 0 Å². The summed E-state index contributed by atoms with van der Waals surface area (Å²) in [6.07, 6.45) is 8.11. The molecule has 0 atom stereocenters. The molecule has 5 nitrogen and oxygen atoms in total. The maximum absolute atomic E-state index is 12.7. The van der Waals surface area contributed by atoms with E-state index in [0.717, 1.165) is 31.0 Å². The van der Waals surface area contributed by atoms with Crippen LogP contribution in [0.4, 0.5) is 5.82 Å². The first-order chi connectivity index (χ1) is 13.8. The highest BCUT2D eigenvalue weighted by Gasteiger charge is 2.20. The van der Waals surface area contributed by atoms with Crippen molar-refractivity contribution < 1.29 is 4.79 Å². The minimum Gasteiger partial charge on any atom is -0.356 e. The van der Waals surface area contributed by atoms with E-state index in [1.54, 1.807) is 6.20 Å². The Labute approximate surface area is 167 Å². The van der Waals surface area contributed by atoms with E-state index in [0.29, 0.717) is 12.1 Å². The Morgan fingerprint density at radius 3 is 2.32 bits per heavy atom. The molecule has 2 aromatic rings. The molecule has 0 spiro atoms. The minimum absolute atomic E-state index is 0.0487. The summed E-state index contributed by atoms with van der Waals surface area (Å²) in [5.74, 6) is 0.766. The third-order valence-corrected chi connectivity index (χ3v) is 5.77. The van der Waals surface area contributed by atoms with Gasteiger partial charge in [0.05, 0.1) is 5.56 Å². The number of pyridine rings is 1. The summed E-state index contributed by atoms with van der Waals surface area (Å²) >= 11 is 0. The molecule has 0 radical (unpaired) electrons. The molecule has 0 unspecified atom stereocenters. The lowest BCUT2D eigenvalue weighted by atomic mass is 10.1. The number of piperidine rings is 1. The van der Waals surface area contributed by atoms with E-state index in [4.69, 9.17) is 0 Å². The summed E-state index contributed by atoms with van der Waals surface area (Å²) in [7, 11) is 0. The molecule has 5 heteroatoms. The van der Waals surface area contributed by atoms with Gasteiger partial charge in [0.15, 0.2) is 0 Å². The highest BCUT2D eigenvalue weighted by molar-refractivity contribution is 5.98. The first-order valence-corrected chi connectivity index (χ1v) is 10.6. The minimum atomic E-state index is -0.0487. The molecular formula is C23H30N4O. The number of aromatic nitrogens is 1. The Morgan fingerprint density at radius 1 is 0.893 bits per heavy atom. The van der Waals surface area contributed by atoms with E-state index in [1.165, 1.54) is 50.8 Å². The zero-order valence-corrected chi connectivity index (χ0v) is 16.6. The number of nitrogens with zero attached hydrogens (tertiary/aromatic N) is 3. The smallest absolute Gasteiger partial charge is 0.255 e. The predicted octanol–water partition coefficient (Wildman–Crippen LogP) is 3.60. The van der Waals surface area contributed by atoms with Crippen LogP contribution in [-0.4, -0.2) is 42.0 Å². The third kappa shape index (κ3) is 4.71. The van der Waals surface area contributed by atoms with E-state index in [-0.39, 0.29) is 5.91 Å². The molecule has 2 aliphatic heterocycles. The standard InChI is InChI=1S/C23H30N4O/c28-23(21-7-6-12-24-22(21)27-15-4-5-16-27)25-17-19-8-10-20(11-9-19)18-26-13-2-1-3-14-26/h6-12H,1-5,13-18H2,(H,25,28). The largest absolute Gasteiger partial charge is 0.356 e. The number of carbonyl (C=O) groups is 1. The molecule has 4 rings (SSSR count). The van der Waals surface area contributed by atoms with Gasteiger partial charge >= 0.3 is 0 Å². The van der Waals surface area contributed by atoms with Gasteiger partial charge in [0.25, 0.3) is 5.91 Å². The second-order valence-corrected chi connectivity index (χ2v) is 7.90. The van der Waals surface area contributed by atoms with Crippen molar-refractivity contribution in [2.45, 2.75) is 45.2 Å². The van der Waals surface area contributed by atoms with Crippen LogP contribution >= 0.6 is 0 Å². The average Bonchev–Trinajstić information content (AvgIpc) is 3.29. The average molecular weight is 379 g/mol. The lowest BCUT2D eigenvalue weighted by molar-refractivity contribution is 0.0951. The van der Waals surface area contributed by atoms with Crippen molar-refractivity contribution >= 4 is 11.7 Å². The van der Waals surface area contributed by atoms with Crippen LogP contribution < -0.4 is 10.2 Å². The molecule has 148 valence electrons. The van der Waals surface area contributed by atoms with Gasteiger partial charge in [-0.3, -0.25) is 9.69 Å². The van der Waals surface area contributed by atoms with Gasteiger partial charge in [-0.1, -0.05) is 30.7 Å². The Balaban J connectivity index is 1.33. The van der Waals surface area contributed by atoms with Crippen molar-refractivity contribution in [1.29, 1.82) is 0 Å². The number of likely N-dealkylation sites (tertiary alicyclic amines) is 1. The summed E-state index contributed by atoms with van der Waals surface area (Å²) in [5.41, 5.74) is 3.15. The van der Waals surface area contributed by atoms with Crippen LogP contribution in [0.15, 0.2) is 42.6 Å². The van der Waals surface area contributed by atoms with Gasteiger partial charge in [0.2, 0.25) is 0 Å². The quantitative estimate of drug-likeness (QED) is 0.834. The van der Waals surface area contributed by atoms with Crippen LogP contribution in [0, 0.1) is 0 Å². The first kappa shape index (κ1) is 18.9. The lowest BCUT2D eigenvalue weighted by Gasteiger charge is -2.26. The lowest BCUT2D eigenvalue weighted by Crippen LogP contribution is -2.29. The zero-order chi connectivity index (χ0) is 19.2. The molecule has 2 saturated heterocycles. The topological polar surface area (TPSA) is 48.5 Å². The van der Waals surface area contributed by atoms with Crippen molar-refractivity contribution in [2.24, 2.45) is 0 Å². The molecule has 1 aromatic carbocycles. The summed E-state index contributed by atoms with van der Waals surface area (Å²) in [6, 6.07) is 12.3. The Morgan fingerprint density at radius 2 is 1.57 bits per heavy atom. The van der Waals surface area contributed by atoms with E-state index in [9.17, 15) is 4.79 Å². The second kappa shape index (κ2) is 9.20. The van der Waals surface area contributed by atoms with Crippen LogP contribution in [0.25, 0.3) is 0 Å². The van der Waals surface area contributed by atoms with Gasteiger partial charge < -0.3 is 10.2 Å². The summed E-state index contributed by atoms with van der Waals surface area (Å²) < 4.78 is 0. The number of anilines is 1. The zero-order valence-electron chi connectivity index (χ0n) is 16.6. The molecule has 2 fully saturated rings. The third-order valence-electron chi connectivity index (χ3n) is 5.77. The van der Waals surface area contributed by atoms with Gasteiger partial charge in [-0.25, -0.2) is 4.98 Å². The van der Waals surface area contributed by atoms with Gasteiger partial charge in [-0.15, -0.1) is 0 Å². The molecule has 1 amide bonds. The fourth-order valence-electron chi connectivity index (χ4n) is 4.17. The number of benzene rings is 1. The SMILES string of the molecule is O=C(NCc1ccc(CN2CCCCC2)cc1)c1cccnc1N1CCCC1. The second-order valence-electron chi connectivity index (χ2n) is 7.90. The van der Waals surface area contributed by atoms with E-state index >= 15 is 0 Å². The molecule has 1 N–H and O–H groups in total. The predicted molar refractivity (Wildman–Crippen MR) is 112 cm³/mol. The fourth-order valence-corrected chi connectivity index (χ4v) is 4.17. The highest BCUT2D eigenvalue weighted by atomic mass is 16.1. The van der Waals surface area contributed by atoms with Crippen LogP contribution in [0.5, 0.6) is 0 Å². The summed E-state index contributed by atoms with van der Waals surface area (Å²) in [6.45, 7) is 5.95. The Kier molecular flexibility index (Phi) is 6.22. The van der Waals surface area contributed by atoms with Gasteiger partial charge in [0, 0.05) is 32.4 Å². The maximum Gasteiger partial charge on any atom is 0.255 e. The van der Waals surface area contributed by atoms with Crippen molar-refractivity contribution in [3.63, 3.8) is 0 Å². The van der Waals surface area contributed by atoms with E-state index < -0.39 is 0 Å². The molecular weight excluding hydrogens is 348 g/mol. The Hall–Kier alpha value is -2.40. The van der Waals surface area contributed by atoms with Crippen molar-refractivity contribution in [3.05, 3.63) is 59.3 Å².